The van der Waals surface area contributed by atoms with Gasteiger partial charge in [0.2, 0.25) is 15.3 Å². The van der Waals surface area contributed by atoms with E-state index in [1.807, 2.05) is 0 Å². The molecule has 168 valence electrons. The van der Waals surface area contributed by atoms with Gasteiger partial charge in [-0.05, 0) is 12.8 Å². The molecule has 0 aliphatic carbocycles. The quantitative estimate of drug-likeness (QED) is 0.295. The van der Waals surface area contributed by atoms with Gasteiger partial charge in [-0.1, -0.05) is 0 Å². The Morgan fingerprint density at radius 2 is 1.07 bits per heavy atom. The Morgan fingerprint density at radius 1 is 0.759 bits per heavy atom. The summed E-state index contributed by atoms with van der Waals surface area (Å²) in [6.45, 7) is 0.156. The van der Waals surface area contributed by atoms with E-state index in [4.69, 9.17) is 37.1 Å². The molecular weight excluding hydrogens is 438 g/mol. The molecule has 0 heterocycles. The number of hydrogen-bond donors (Lipinski definition) is 0. The molecule has 0 atom stereocenters. The van der Waals surface area contributed by atoms with E-state index in [0.717, 1.165) is 4.31 Å². The zero-order valence-electron chi connectivity index (χ0n) is 17.8. The largest absolute Gasteiger partial charge is 0.500 e. The van der Waals surface area contributed by atoms with Crippen LogP contribution in [0.5, 0.6) is 0 Å². The number of nitrogens with zero attached hydrogens (tertiary/aromatic N) is 3. The van der Waals surface area contributed by atoms with E-state index in [1.165, 1.54) is 54.8 Å². The molecule has 0 saturated heterocycles. The highest BCUT2D eigenvalue weighted by molar-refractivity contribution is 7.90. The van der Waals surface area contributed by atoms with Crippen LogP contribution in [-0.2, 0) is 36.6 Å². The lowest BCUT2D eigenvalue weighted by molar-refractivity contribution is 0.121. The van der Waals surface area contributed by atoms with Crippen molar-refractivity contribution >= 4 is 27.6 Å². The molecule has 0 N–H and O–H groups in total. The van der Waals surface area contributed by atoms with E-state index in [-0.39, 0.29) is 13.1 Å². The maximum absolute atomic E-state index is 12.7. The average Bonchev–Trinajstić information content (AvgIpc) is 2.74. The van der Waals surface area contributed by atoms with Gasteiger partial charge in [0.15, 0.2) is 0 Å². The summed E-state index contributed by atoms with van der Waals surface area (Å²) in [5.74, 6) is 0. The molecule has 0 rings (SSSR count). The molecule has 0 aliphatic heterocycles. The van der Waals surface area contributed by atoms with Crippen molar-refractivity contribution in [2.24, 2.45) is 0 Å². The summed E-state index contributed by atoms with van der Waals surface area (Å²) in [6, 6.07) is 3.81. The van der Waals surface area contributed by atoms with Crippen LogP contribution in [0.15, 0.2) is 0 Å². The molecule has 0 saturated carbocycles. The molecule has 0 amide bonds. The van der Waals surface area contributed by atoms with Crippen molar-refractivity contribution in [1.82, 2.24) is 4.31 Å². The lowest BCUT2D eigenvalue weighted by Crippen LogP contribution is -2.45. The van der Waals surface area contributed by atoms with E-state index in [0.29, 0.717) is 24.9 Å². The smallest absolute Gasteiger partial charge is 0.377 e. The summed E-state index contributed by atoms with van der Waals surface area (Å²) in [6.07, 6.45) is 0.734. The van der Waals surface area contributed by atoms with Gasteiger partial charge in [-0.25, -0.2) is 8.42 Å². The summed E-state index contributed by atoms with van der Waals surface area (Å²) in [5.41, 5.74) is 0. The second-order valence-electron chi connectivity index (χ2n) is 5.88. The molecule has 0 aliphatic rings. The molecule has 29 heavy (non-hydrogen) atoms. The number of nitriles is 2. The third kappa shape index (κ3) is 7.69. The molecule has 0 aromatic rings. The normalized spacial score (nSPS) is 12.9. The van der Waals surface area contributed by atoms with Crippen LogP contribution in [0.1, 0.15) is 12.8 Å². The zero-order valence-corrected chi connectivity index (χ0v) is 20.7. The first-order chi connectivity index (χ1) is 13.7. The first kappa shape index (κ1) is 28.1. The Labute approximate surface area is 175 Å². The Morgan fingerprint density at radius 3 is 1.31 bits per heavy atom. The SMILES string of the molecule is CO[Si](CCCN(CCC[Si](OC)(OC)OC)S(=O)(=O)C(C#N)C#N)(OC)OC. The molecule has 0 fully saturated rings. The highest BCUT2D eigenvalue weighted by Crippen LogP contribution is 2.20. The number of sulfonamides is 1. The minimum atomic E-state index is -4.14. The van der Waals surface area contributed by atoms with Crippen LogP contribution in [0.3, 0.4) is 0 Å². The molecule has 0 unspecified atom stereocenters. The monoisotopic (exact) mass is 469 g/mol. The van der Waals surface area contributed by atoms with Crippen molar-refractivity contribution < 1.29 is 35.0 Å². The van der Waals surface area contributed by atoms with E-state index in [2.05, 4.69) is 0 Å². The summed E-state index contributed by atoms with van der Waals surface area (Å²) in [5, 5.41) is 16.3. The van der Waals surface area contributed by atoms with Crippen LogP contribution in [0, 0.1) is 22.7 Å². The highest BCUT2D eigenvalue weighted by Gasteiger charge is 2.40. The van der Waals surface area contributed by atoms with E-state index in [1.54, 1.807) is 0 Å². The minimum absolute atomic E-state index is 0.0779. The van der Waals surface area contributed by atoms with Crippen molar-refractivity contribution in [1.29, 1.82) is 10.5 Å². The first-order valence-electron chi connectivity index (χ1n) is 8.79. The van der Waals surface area contributed by atoms with Gasteiger partial charge in [-0.2, -0.15) is 14.8 Å². The van der Waals surface area contributed by atoms with Crippen LogP contribution in [0.4, 0.5) is 0 Å². The molecule has 0 bridgehead atoms. The topological polar surface area (TPSA) is 140 Å². The molecule has 0 aromatic carbocycles. The lowest BCUT2D eigenvalue weighted by atomic mass is 10.4. The van der Waals surface area contributed by atoms with Gasteiger partial charge in [0.25, 0.3) is 0 Å². The van der Waals surface area contributed by atoms with E-state index < -0.39 is 32.9 Å². The minimum Gasteiger partial charge on any atom is -0.377 e. The fraction of sp³-hybridized carbons (Fsp3) is 0.867. The summed E-state index contributed by atoms with van der Waals surface area (Å²) in [4.78, 5) is 0. The molecule has 0 spiro atoms. The first-order valence-corrected chi connectivity index (χ1v) is 14.2. The highest BCUT2D eigenvalue weighted by atomic mass is 32.2. The van der Waals surface area contributed by atoms with Gasteiger partial charge in [0, 0.05) is 67.8 Å². The van der Waals surface area contributed by atoms with Crippen molar-refractivity contribution in [2.45, 2.75) is 30.2 Å². The van der Waals surface area contributed by atoms with Crippen LogP contribution in [-0.4, -0.2) is 91.3 Å². The Balaban J connectivity index is 5.34. The average molecular weight is 470 g/mol. The predicted octanol–water partition coefficient (Wildman–Crippen LogP) is 0.570. The fourth-order valence-corrected chi connectivity index (χ4v) is 7.47. The molecule has 14 heteroatoms. The maximum atomic E-state index is 12.7. The Bertz CT molecular complexity index is 603. The van der Waals surface area contributed by atoms with Gasteiger partial charge in [0.05, 0.1) is 12.1 Å². The predicted molar refractivity (Wildman–Crippen MR) is 108 cm³/mol. The third-order valence-corrected chi connectivity index (χ3v) is 12.1. The second kappa shape index (κ2) is 13.4. The molecule has 0 aromatic heterocycles. The number of rotatable bonds is 16. The van der Waals surface area contributed by atoms with Gasteiger partial charge in [-0.15, -0.1) is 0 Å². The van der Waals surface area contributed by atoms with Gasteiger partial charge in [-0.3, -0.25) is 0 Å². The van der Waals surface area contributed by atoms with Gasteiger partial charge < -0.3 is 26.6 Å². The Hall–Kier alpha value is -0.916. The Kier molecular flexibility index (Phi) is 13.0. The van der Waals surface area contributed by atoms with Crippen molar-refractivity contribution in [3.05, 3.63) is 0 Å². The van der Waals surface area contributed by atoms with Crippen LogP contribution in [0.25, 0.3) is 0 Å². The van der Waals surface area contributed by atoms with Crippen molar-refractivity contribution in [2.75, 3.05) is 55.7 Å². The lowest BCUT2D eigenvalue weighted by Gasteiger charge is -2.28. The van der Waals surface area contributed by atoms with Crippen molar-refractivity contribution in [3.63, 3.8) is 0 Å². The van der Waals surface area contributed by atoms with Gasteiger partial charge in [0.1, 0.15) is 0 Å². The molecule has 0 radical (unpaired) electrons. The van der Waals surface area contributed by atoms with E-state index in [9.17, 15) is 8.42 Å². The molecular formula is C15H31N3O8SSi2. The van der Waals surface area contributed by atoms with Crippen LogP contribution >= 0.6 is 0 Å². The standard InChI is InChI=1S/C15H31N3O8SSi2/c1-21-28(22-2,23-3)11-7-9-18(27(19,20)15(13-16)14-17)10-8-12-29(24-4,25-5)26-6/h15H,7-12H2,1-6H3. The second-order valence-corrected chi connectivity index (χ2v) is 14.1. The summed E-state index contributed by atoms with van der Waals surface area (Å²) >= 11 is 0. The third-order valence-electron chi connectivity index (χ3n) is 4.54. The number of hydrogen-bond acceptors (Lipinski definition) is 10. The molecule has 11 nitrogen and oxygen atoms in total. The van der Waals surface area contributed by atoms with Crippen LogP contribution < -0.4 is 0 Å². The van der Waals surface area contributed by atoms with Crippen LogP contribution in [0.2, 0.25) is 12.1 Å². The summed E-state index contributed by atoms with van der Waals surface area (Å²) in [7, 11) is -1.05. The van der Waals surface area contributed by atoms with Gasteiger partial charge >= 0.3 is 17.6 Å². The fourth-order valence-electron chi connectivity index (χ4n) is 2.73. The van der Waals surface area contributed by atoms with E-state index >= 15 is 0 Å². The zero-order chi connectivity index (χ0) is 22.6. The summed E-state index contributed by atoms with van der Waals surface area (Å²) < 4.78 is 58.6. The van der Waals surface area contributed by atoms with Crippen molar-refractivity contribution in [3.8, 4) is 12.1 Å². The maximum Gasteiger partial charge on any atom is 0.500 e.